The Morgan fingerprint density at radius 3 is 2.60 bits per heavy atom. The van der Waals surface area contributed by atoms with Gasteiger partial charge in [-0.05, 0) is 13.3 Å². The van der Waals surface area contributed by atoms with E-state index in [4.69, 9.17) is 10.8 Å². The summed E-state index contributed by atoms with van der Waals surface area (Å²) in [7, 11) is 0. The number of aliphatic carboxylic acids is 1. The van der Waals surface area contributed by atoms with Gasteiger partial charge in [0, 0.05) is 17.7 Å². The van der Waals surface area contributed by atoms with Gasteiger partial charge in [0.25, 0.3) is 0 Å². The maximum Gasteiger partial charge on any atom is 0.303 e. The second kappa shape index (κ2) is 3.83. The molecule has 0 amide bonds. The van der Waals surface area contributed by atoms with Gasteiger partial charge in [-0.15, -0.1) is 0 Å². The molecule has 0 aliphatic rings. The van der Waals surface area contributed by atoms with E-state index in [0.29, 0.717) is 13.0 Å². The molecule has 0 aromatic heterocycles. The fourth-order valence-electron chi connectivity index (χ4n) is 0.478. The number of thiol groups is 1. The topological polar surface area (TPSA) is 63.3 Å². The number of carboxylic acids is 1. The van der Waals surface area contributed by atoms with E-state index < -0.39 is 5.97 Å². The van der Waals surface area contributed by atoms with Crippen molar-refractivity contribution in [1.82, 2.24) is 0 Å². The monoisotopic (exact) mass is 163 g/mol. The van der Waals surface area contributed by atoms with Crippen molar-refractivity contribution in [3.8, 4) is 0 Å². The molecule has 0 aliphatic heterocycles. The summed E-state index contributed by atoms with van der Waals surface area (Å²) in [5.41, 5.74) is 5.32. The fourth-order valence-corrected chi connectivity index (χ4v) is 0.590. The first kappa shape index (κ1) is 9.78. The first-order chi connectivity index (χ1) is 4.48. The molecule has 0 aliphatic carbocycles. The summed E-state index contributed by atoms with van der Waals surface area (Å²) in [6.07, 6.45) is 0.652. The predicted octanol–water partition coefficient (Wildman–Crippen LogP) is 0.498. The van der Waals surface area contributed by atoms with Crippen LogP contribution < -0.4 is 5.73 Å². The Bertz CT molecular complexity index is 125. The van der Waals surface area contributed by atoms with E-state index in [1.165, 1.54) is 0 Å². The lowest BCUT2D eigenvalue weighted by Gasteiger charge is -2.19. The van der Waals surface area contributed by atoms with E-state index in [-0.39, 0.29) is 11.2 Å². The molecule has 1 unspecified atom stereocenters. The van der Waals surface area contributed by atoms with Crippen LogP contribution in [0.4, 0.5) is 0 Å². The van der Waals surface area contributed by atoms with Gasteiger partial charge in [0.1, 0.15) is 0 Å². The Morgan fingerprint density at radius 1 is 1.80 bits per heavy atom. The molecule has 60 valence electrons. The molecular formula is C6H13NO2S. The number of hydrogen-bond donors (Lipinski definition) is 3. The molecule has 0 saturated heterocycles. The number of carboxylic acid groups (broad SMARTS) is 1. The Labute approximate surface area is 66.0 Å². The Kier molecular flexibility index (Phi) is 3.75. The lowest BCUT2D eigenvalue weighted by molar-refractivity contribution is -0.137. The zero-order valence-electron chi connectivity index (χ0n) is 6.00. The standard InChI is InChI=1S/C6H13NO2S/c1-6(10,4-7)3-2-5(8)9/h10H,2-4,7H2,1H3,(H,8,9). The molecule has 1 atom stereocenters. The highest BCUT2D eigenvalue weighted by Gasteiger charge is 2.17. The van der Waals surface area contributed by atoms with Crippen molar-refractivity contribution in [3.05, 3.63) is 0 Å². The van der Waals surface area contributed by atoms with Gasteiger partial charge in [0.05, 0.1) is 0 Å². The minimum absolute atomic E-state index is 0.136. The molecule has 0 aromatic rings. The van der Waals surface area contributed by atoms with Crippen molar-refractivity contribution in [2.24, 2.45) is 5.73 Å². The number of nitrogens with two attached hydrogens (primary N) is 1. The van der Waals surface area contributed by atoms with Crippen molar-refractivity contribution in [2.75, 3.05) is 6.54 Å². The summed E-state index contributed by atoms with van der Waals surface area (Å²) in [5.74, 6) is -0.797. The van der Waals surface area contributed by atoms with Gasteiger partial charge in [-0.1, -0.05) is 0 Å². The number of rotatable bonds is 4. The average molecular weight is 163 g/mol. The lowest BCUT2D eigenvalue weighted by Crippen LogP contribution is -2.28. The summed E-state index contributed by atoms with van der Waals surface area (Å²) in [4.78, 5) is 10.1. The number of carbonyl (C=O) groups is 1. The van der Waals surface area contributed by atoms with Crippen LogP contribution >= 0.6 is 12.6 Å². The quantitative estimate of drug-likeness (QED) is 0.529. The van der Waals surface area contributed by atoms with Crippen LogP contribution in [0.2, 0.25) is 0 Å². The van der Waals surface area contributed by atoms with Gasteiger partial charge in [0.15, 0.2) is 0 Å². The van der Waals surface area contributed by atoms with Crippen molar-refractivity contribution in [2.45, 2.75) is 24.5 Å². The van der Waals surface area contributed by atoms with E-state index in [2.05, 4.69) is 12.6 Å². The van der Waals surface area contributed by atoms with Crippen molar-refractivity contribution >= 4 is 18.6 Å². The molecule has 3 nitrogen and oxygen atoms in total. The van der Waals surface area contributed by atoms with Gasteiger partial charge in [-0.2, -0.15) is 12.6 Å². The van der Waals surface area contributed by atoms with Crippen LogP contribution in [0.3, 0.4) is 0 Å². The van der Waals surface area contributed by atoms with Crippen LogP contribution in [-0.2, 0) is 4.79 Å². The third kappa shape index (κ3) is 4.64. The fraction of sp³-hybridized carbons (Fsp3) is 0.833. The minimum atomic E-state index is -0.797. The van der Waals surface area contributed by atoms with Crippen LogP contribution in [0.15, 0.2) is 0 Å². The molecule has 0 radical (unpaired) electrons. The van der Waals surface area contributed by atoms with Crippen molar-refractivity contribution < 1.29 is 9.90 Å². The van der Waals surface area contributed by atoms with Gasteiger partial charge in [0.2, 0.25) is 0 Å². The smallest absolute Gasteiger partial charge is 0.303 e. The normalized spacial score (nSPS) is 16.3. The Hall–Kier alpha value is -0.220. The predicted molar refractivity (Wildman–Crippen MR) is 43.3 cm³/mol. The van der Waals surface area contributed by atoms with E-state index in [1.54, 1.807) is 0 Å². The first-order valence-corrected chi connectivity index (χ1v) is 3.57. The van der Waals surface area contributed by atoms with Crippen LogP contribution in [0.1, 0.15) is 19.8 Å². The molecule has 4 heteroatoms. The molecule has 0 spiro atoms. The summed E-state index contributed by atoms with van der Waals surface area (Å²) >= 11 is 4.17. The molecule has 10 heavy (non-hydrogen) atoms. The van der Waals surface area contributed by atoms with Crippen LogP contribution in [0.25, 0.3) is 0 Å². The van der Waals surface area contributed by atoms with E-state index in [9.17, 15) is 4.79 Å². The Morgan fingerprint density at radius 2 is 2.30 bits per heavy atom. The second-order valence-electron chi connectivity index (χ2n) is 2.59. The van der Waals surface area contributed by atoms with Crippen LogP contribution in [0, 0.1) is 0 Å². The summed E-state index contributed by atoms with van der Waals surface area (Å²) in [6.45, 7) is 2.24. The highest BCUT2D eigenvalue weighted by atomic mass is 32.1. The number of hydrogen-bond acceptors (Lipinski definition) is 3. The molecule has 0 rings (SSSR count). The minimum Gasteiger partial charge on any atom is -0.481 e. The summed E-state index contributed by atoms with van der Waals surface area (Å²) < 4.78 is -0.335. The van der Waals surface area contributed by atoms with Crippen LogP contribution in [0.5, 0.6) is 0 Å². The van der Waals surface area contributed by atoms with Gasteiger partial charge in [-0.3, -0.25) is 4.79 Å². The molecule has 0 saturated carbocycles. The van der Waals surface area contributed by atoms with Gasteiger partial charge >= 0.3 is 5.97 Å². The van der Waals surface area contributed by atoms with E-state index in [1.807, 2.05) is 6.92 Å². The third-order valence-corrected chi connectivity index (χ3v) is 1.72. The van der Waals surface area contributed by atoms with Crippen molar-refractivity contribution in [3.63, 3.8) is 0 Å². The Balaban J connectivity index is 3.56. The van der Waals surface area contributed by atoms with Crippen molar-refractivity contribution in [1.29, 1.82) is 0 Å². The lowest BCUT2D eigenvalue weighted by atomic mass is 10.1. The highest BCUT2D eigenvalue weighted by Crippen LogP contribution is 2.17. The largest absolute Gasteiger partial charge is 0.481 e. The average Bonchev–Trinajstić information content (AvgIpc) is 1.85. The molecule has 0 aromatic carbocycles. The zero-order valence-corrected chi connectivity index (χ0v) is 6.90. The van der Waals surface area contributed by atoms with Gasteiger partial charge in [-0.25, -0.2) is 0 Å². The second-order valence-corrected chi connectivity index (χ2v) is 3.67. The highest BCUT2D eigenvalue weighted by molar-refractivity contribution is 7.81. The van der Waals surface area contributed by atoms with Gasteiger partial charge < -0.3 is 10.8 Å². The molecule has 3 N–H and O–H groups in total. The maximum atomic E-state index is 10.1. The zero-order chi connectivity index (χ0) is 8.20. The first-order valence-electron chi connectivity index (χ1n) is 3.12. The van der Waals surface area contributed by atoms with E-state index >= 15 is 0 Å². The SMILES string of the molecule is CC(S)(CN)CCC(=O)O. The summed E-state index contributed by atoms with van der Waals surface area (Å²) in [6, 6.07) is 0. The maximum absolute atomic E-state index is 10.1. The summed E-state index contributed by atoms with van der Waals surface area (Å²) in [5, 5.41) is 8.30. The molecule has 0 bridgehead atoms. The third-order valence-electron chi connectivity index (χ3n) is 1.32. The molecule has 0 fully saturated rings. The van der Waals surface area contributed by atoms with Crippen LogP contribution in [-0.4, -0.2) is 22.4 Å². The molecule has 0 heterocycles. The van der Waals surface area contributed by atoms with E-state index in [0.717, 1.165) is 0 Å². The molecular weight excluding hydrogens is 150 g/mol.